The zero-order valence-electron chi connectivity index (χ0n) is 11.7. The summed E-state index contributed by atoms with van der Waals surface area (Å²) < 4.78 is 0. The molecule has 2 aromatic rings. The Bertz CT molecular complexity index is 652. The van der Waals surface area contributed by atoms with Crippen LogP contribution in [0.2, 0.25) is 0 Å². The van der Waals surface area contributed by atoms with Crippen LogP contribution < -0.4 is 10.6 Å². The zero-order chi connectivity index (χ0) is 15.4. The average Bonchev–Trinajstić information content (AvgIpc) is 2.94. The van der Waals surface area contributed by atoms with Crippen LogP contribution >= 0.6 is 0 Å². The van der Waals surface area contributed by atoms with Gasteiger partial charge in [0.2, 0.25) is 0 Å². The van der Waals surface area contributed by atoms with Gasteiger partial charge in [0, 0.05) is 17.4 Å². The summed E-state index contributed by atoms with van der Waals surface area (Å²) in [5.41, 5.74) is 1.99. The van der Waals surface area contributed by atoms with E-state index in [0.29, 0.717) is 11.3 Å². The molecule has 0 bridgehead atoms. The van der Waals surface area contributed by atoms with E-state index in [0.717, 1.165) is 5.56 Å². The molecule has 0 spiro atoms. The Morgan fingerprint density at radius 1 is 1.38 bits per heavy atom. The maximum atomic E-state index is 12.0. The van der Waals surface area contributed by atoms with Gasteiger partial charge < -0.3 is 15.7 Å². The molecule has 21 heavy (non-hydrogen) atoms. The molecule has 1 aromatic heterocycles. The number of carboxylic acids is 1. The van der Waals surface area contributed by atoms with Gasteiger partial charge in [0.05, 0.1) is 17.8 Å². The van der Waals surface area contributed by atoms with Crippen molar-refractivity contribution in [2.45, 2.75) is 19.9 Å². The van der Waals surface area contributed by atoms with E-state index in [1.807, 2.05) is 6.92 Å². The zero-order valence-corrected chi connectivity index (χ0v) is 11.7. The van der Waals surface area contributed by atoms with Crippen LogP contribution in [0.5, 0.6) is 0 Å². The van der Waals surface area contributed by atoms with E-state index < -0.39 is 12.0 Å². The third kappa shape index (κ3) is 3.38. The number of rotatable bonds is 4. The summed E-state index contributed by atoms with van der Waals surface area (Å²) in [4.78, 5) is 23.0. The number of nitrogens with one attached hydrogen (secondary N) is 3. The van der Waals surface area contributed by atoms with Gasteiger partial charge in [0.15, 0.2) is 0 Å². The van der Waals surface area contributed by atoms with E-state index in [9.17, 15) is 9.59 Å². The van der Waals surface area contributed by atoms with Gasteiger partial charge in [-0.05, 0) is 31.5 Å². The van der Waals surface area contributed by atoms with Gasteiger partial charge in [-0.3, -0.25) is 5.10 Å². The molecule has 1 heterocycles. The number of carbonyl (C=O) groups is 2. The highest BCUT2D eigenvalue weighted by Crippen LogP contribution is 2.19. The lowest BCUT2D eigenvalue weighted by Crippen LogP contribution is -2.31. The summed E-state index contributed by atoms with van der Waals surface area (Å²) in [6, 6.07) is 4.12. The predicted octanol–water partition coefficient (Wildman–Crippen LogP) is 2.30. The van der Waals surface area contributed by atoms with Crippen molar-refractivity contribution in [2.75, 3.05) is 5.32 Å². The van der Waals surface area contributed by atoms with Crippen molar-refractivity contribution in [3.8, 4) is 0 Å². The SMILES string of the molecule is Cc1c(NC(=O)NC(C)c2cn[nH]c2)cccc1C(=O)O. The number of carbonyl (C=O) groups excluding carboxylic acids is 1. The molecule has 110 valence electrons. The van der Waals surface area contributed by atoms with E-state index >= 15 is 0 Å². The van der Waals surface area contributed by atoms with E-state index in [1.54, 1.807) is 31.5 Å². The highest BCUT2D eigenvalue weighted by atomic mass is 16.4. The Labute approximate surface area is 121 Å². The molecule has 0 radical (unpaired) electrons. The smallest absolute Gasteiger partial charge is 0.336 e. The monoisotopic (exact) mass is 288 g/mol. The molecule has 7 heteroatoms. The Morgan fingerprint density at radius 3 is 2.76 bits per heavy atom. The lowest BCUT2D eigenvalue weighted by atomic mass is 10.1. The molecule has 2 amide bonds. The molecular formula is C14H16N4O3. The molecule has 0 aliphatic heterocycles. The number of aromatic nitrogens is 2. The normalized spacial score (nSPS) is 11.7. The Kier molecular flexibility index (Phi) is 4.22. The van der Waals surface area contributed by atoms with Crippen molar-refractivity contribution in [1.29, 1.82) is 0 Å². The molecule has 1 atom stereocenters. The lowest BCUT2D eigenvalue weighted by Gasteiger charge is -2.15. The summed E-state index contributed by atoms with van der Waals surface area (Å²) in [5, 5.41) is 21.0. The van der Waals surface area contributed by atoms with Crippen LogP contribution in [0.4, 0.5) is 10.5 Å². The Morgan fingerprint density at radius 2 is 2.14 bits per heavy atom. The van der Waals surface area contributed by atoms with Crippen LogP contribution in [-0.2, 0) is 0 Å². The van der Waals surface area contributed by atoms with Gasteiger partial charge >= 0.3 is 12.0 Å². The van der Waals surface area contributed by atoms with E-state index in [-0.39, 0.29) is 11.6 Å². The largest absolute Gasteiger partial charge is 0.478 e. The number of nitrogens with zero attached hydrogens (tertiary/aromatic N) is 1. The van der Waals surface area contributed by atoms with Gasteiger partial charge in [0.1, 0.15) is 0 Å². The average molecular weight is 288 g/mol. The first-order valence-electron chi connectivity index (χ1n) is 6.38. The fraction of sp³-hybridized carbons (Fsp3) is 0.214. The summed E-state index contributed by atoms with van der Waals surface area (Å²) in [5.74, 6) is -1.02. The number of aromatic amines is 1. The number of urea groups is 1. The minimum Gasteiger partial charge on any atom is -0.478 e. The Balaban J connectivity index is 2.06. The number of benzene rings is 1. The standard InChI is InChI=1S/C14H16N4O3/c1-8-11(13(19)20)4-3-5-12(8)18-14(21)17-9(2)10-6-15-16-7-10/h3-7,9H,1-2H3,(H,15,16)(H,19,20)(H2,17,18,21). The maximum Gasteiger partial charge on any atom is 0.336 e. The summed E-state index contributed by atoms with van der Waals surface area (Å²) in [6.45, 7) is 3.48. The van der Waals surface area contributed by atoms with Gasteiger partial charge in [0.25, 0.3) is 0 Å². The van der Waals surface area contributed by atoms with Crippen LogP contribution in [-0.4, -0.2) is 27.3 Å². The fourth-order valence-electron chi connectivity index (χ4n) is 1.94. The molecule has 4 N–H and O–H groups in total. The van der Waals surface area contributed by atoms with Gasteiger partial charge in [-0.15, -0.1) is 0 Å². The third-order valence-electron chi connectivity index (χ3n) is 3.18. The molecule has 2 rings (SSSR count). The number of hydrogen-bond acceptors (Lipinski definition) is 3. The molecule has 0 aliphatic rings. The van der Waals surface area contributed by atoms with E-state index in [4.69, 9.17) is 5.11 Å². The highest BCUT2D eigenvalue weighted by molar-refractivity contribution is 5.95. The molecule has 1 aromatic carbocycles. The maximum absolute atomic E-state index is 12.0. The summed E-state index contributed by atoms with van der Waals surface area (Å²) in [7, 11) is 0. The minimum atomic E-state index is -1.02. The number of amides is 2. The fourth-order valence-corrected chi connectivity index (χ4v) is 1.94. The van der Waals surface area contributed by atoms with Crippen molar-refractivity contribution >= 4 is 17.7 Å². The second-order valence-corrected chi connectivity index (χ2v) is 4.64. The van der Waals surface area contributed by atoms with Gasteiger partial charge in [-0.2, -0.15) is 5.10 Å². The number of hydrogen-bond donors (Lipinski definition) is 4. The number of carboxylic acid groups (broad SMARTS) is 1. The first-order chi connectivity index (χ1) is 9.99. The van der Waals surface area contributed by atoms with E-state index in [1.165, 1.54) is 6.07 Å². The number of aromatic carboxylic acids is 1. The molecule has 0 saturated heterocycles. The number of anilines is 1. The van der Waals surface area contributed by atoms with Gasteiger partial charge in [-0.1, -0.05) is 6.07 Å². The van der Waals surface area contributed by atoms with Crippen molar-refractivity contribution in [2.24, 2.45) is 0 Å². The molecular weight excluding hydrogens is 272 g/mol. The minimum absolute atomic E-state index is 0.163. The van der Waals surface area contributed by atoms with Crippen LogP contribution in [0, 0.1) is 6.92 Å². The summed E-state index contributed by atoms with van der Waals surface area (Å²) in [6.07, 6.45) is 3.32. The first-order valence-corrected chi connectivity index (χ1v) is 6.38. The summed E-state index contributed by atoms with van der Waals surface area (Å²) >= 11 is 0. The second-order valence-electron chi connectivity index (χ2n) is 4.64. The number of H-pyrrole nitrogens is 1. The highest BCUT2D eigenvalue weighted by Gasteiger charge is 2.14. The van der Waals surface area contributed by atoms with Crippen molar-refractivity contribution in [3.05, 3.63) is 47.3 Å². The van der Waals surface area contributed by atoms with Crippen molar-refractivity contribution < 1.29 is 14.7 Å². The van der Waals surface area contributed by atoms with E-state index in [2.05, 4.69) is 20.8 Å². The molecule has 7 nitrogen and oxygen atoms in total. The lowest BCUT2D eigenvalue weighted by molar-refractivity contribution is 0.0696. The topological polar surface area (TPSA) is 107 Å². The molecule has 0 saturated carbocycles. The molecule has 0 aliphatic carbocycles. The third-order valence-corrected chi connectivity index (χ3v) is 3.18. The van der Waals surface area contributed by atoms with Gasteiger partial charge in [-0.25, -0.2) is 9.59 Å². The van der Waals surface area contributed by atoms with Crippen LogP contribution in [0.1, 0.15) is 34.5 Å². The Hall–Kier alpha value is -2.83. The quantitative estimate of drug-likeness (QED) is 0.692. The van der Waals surface area contributed by atoms with Crippen LogP contribution in [0.25, 0.3) is 0 Å². The predicted molar refractivity (Wildman–Crippen MR) is 77.3 cm³/mol. The molecule has 1 unspecified atom stereocenters. The van der Waals surface area contributed by atoms with Crippen molar-refractivity contribution in [1.82, 2.24) is 15.5 Å². The van der Waals surface area contributed by atoms with Crippen molar-refractivity contribution in [3.63, 3.8) is 0 Å². The van der Waals surface area contributed by atoms with Crippen LogP contribution in [0.3, 0.4) is 0 Å². The first kappa shape index (κ1) is 14.6. The second kappa shape index (κ2) is 6.08. The molecule has 0 fully saturated rings. The van der Waals surface area contributed by atoms with Crippen LogP contribution in [0.15, 0.2) is 30.6 Å².